The van der Waals surface area contributed by atoms with Crippen molar-refractivity contribution in [2.75, 3.05) is 0 Å². The lowest BCUT2D eigenvalue weighted by atomic mass is 9.88. The molecule has 2 saturated carbocycles. The van der Waals surface area contributed by atoms with Crippen molar-refractivity contribution >= 4 is 39.9 Å². The van der Waals surface area contributed by atoms with Gasteiger partial charge in [0.1, 0.15) is 28.6 Å². The van der Waals surface area contributed by atoms with E-state index in [1.165, 1.54) is 0 Å². The molecule has 5 unspecified atom stereocenters. The summed E-state index contributed by atoms with van der Waals surface area (Å²) in [6.07, 6.45) is -0.675. The number of hydrogen-bond acceptors (Lipinski definition) is 8. The molecule has 1 aliphatic heterocycles. The van der Waals surface area contributed by atoms with E-state index < -0.39 is 45.8 Å². The van der Waals surface area contributed by atoms with Crippen molar-refractivity contribution in [1.29, 1.82) is 0 Å². The number of hydrogen-bond donors (Lipinski definition) is 1. The second-order valence-corrected chi connectivity index (χ2v) is 7.38. The summed E-state index contributed by atoms with van der Waals surface area (Å²) < 4.78 is 39.4. The molecule has 0 spiro atoms. The summed E-state index contributed by atoms with van der Waals surface area (Å²) >= 11 is 2.66. The summed E-state index contributed by atoms with van der Waals surface area (Å²) in [5, 5.41) is 6.80. The van der Waals surface area contributed by atoms with Crippen molar-refractivity contribution in [3.63, 3.8) is 0 Å². The van der Waals surface area contributed by atoms with Gasteiger partial charge in [-0.25, -0.2) is 10.1 Å². The van der Waals surface area contributed by atoms with Crippen LogP contribution in [0, 0.1) is 11.8 Å². The molecular weight excluding hydrogens is 382 g/mol. The fourth-order valence-electron chi connectivity index (χ4n) is 3.32. The van der Waals surface area contributed by atoms with Crippen LogP contribution in [0.2, 0.25) is 0 Å². The number of ether oxygens (including phenoxy) is 2. The molecule has 3 rings (SSSR count). The van der Waals surface area contributed by atoms with E-state index in [2.05, 4.69) is 25.3 Å². The molecule has 3 fully saturated rings. The highest BCUT2D eigenvalue weighted by Crippen LogP contribution is 2.61. The number of fused-ring (bicyclic) bond motifs is 1. The summed E-state index contributed by atoms with van der Waals surface area (Å²) in [4.78, 5) is 23.2. The predicted octanol–water partition coefficient (Wildman–Crippen LogP) is 1.66. The molecule has 21 heavy (non-hydrogen) atoms. The Morgan fingerprint density at radius 1 is 1.57 bits per heavy atom. The smallest absolute Gasteiger partial charge is 0.415 e. The fourth-order valence-corrected chi connectivity index (χ4v) is 4.51. The summed E-state index contributed by atoms with van der Waals surface area (Å²) in [7, 11) is 0. The number of rotatable bonds is 5. The Hall–Kier alpha value is -0.490. The molecule has 2 bridgehead atoms. The van der Waals surface area contributed by atoms with E-state index in [-0.39, 0.29) is 11.8 Å². The van der Waals surface area contributed by atoms with Crippen LogP contribution in [0.3, 0.4) is 0 Å². The minimum atomic E-state index is -4.06. The van der Waals surface area contributed by atoms with E-state index >= 15 is 0 Å². The van der Waals surface area contributed by atoms with Gasteiger partial charge in [0, 0.05) is 11.8 Å². The minimum Gasteiger partial charge on any atom is -0.457 e. The molecule has 1 saturated heterocycles. The van der Waals surface area contributed by atoms with E-state index in [9.17, 15) is 18.4 Å². The van der Waals surface area contributed by atoms with E-state index in [1.807, 2.05) is 0 Å². The fraction of sp³-hybridized carbons (Fsp3) is 0.800. The SMILES string of the molecule is O=C(OC1C2CC3C1OC(=O)C3(Br)C2)C(F)(F)SOOO. The third-order valence-corrected chi connectivity index (χ3v) is 5.86. The maximum atomic E-state index is 13.3. The molecule has 5 atom stereocenters. The zero-order valence-corrected chi connectivity index (χ0v) is 12.6. The zero-order valence-electron chi connectivity index (χ0n) is 10.2. The molecular formula is C10H9BrF2O7S. The Morgan fingerprint density at radius 3 is 2.95 bits per heavy atom. The second kappa shape index (κ2) is 5.01. The van der Waals surface area contributed by atoms with Crippen molar-refractivity contribution in [3.8, 4) is 0 Å². The first-order chi connectivity index (χ1) is 9.79. The lowest BCUT2D eigenvalue weighted by Gasteiger charge is -2.28. The number of alkyl halides is 3. The lowest BCUT2D eigenvalue weighted by Crippen LogP contribution is -2.43. The molecule has 7 nitrogen and oxygen atoms in total. The van der Waals surface area contributed by atoms with Gasteiger partial charge >= 0.3 is 17.2 Å². The molecule has 3 aliphatic rings. The van der Waals surface area contributed by atoms with E-state index in [1.54, 1.807) is 0 Å². The topological polar surface area (TPSA) is 91.3 Å². The maximum absolute atomic E-state index is 13.3. The van der Waals surface area contributed by atoms with Crippen LogP contribution >= 0.6 is 28.0 Å². The van der Waals surface area contributed by atoms with Crippen molar-refractivity contribution in [3.05, 3.63) is 0 Å². The van der Waals surface area contributed by atoms with Gasteiger partial charge in [0.15, 0.2) is 0 Å². The van der Waals surface area contributed by atoms with E-state index in [0.717, 1.165) is 0 Å². The second-order valence-electron chi connectivity index (χ2n) is 5.15. The third-order valence-electron chi connectivity index (χ3n) is 4.12. The molecule has 0 aromatic rings. The van der Waals surface area contributed by atoms with Gasteiger partial charge in [0.25, 0.3) is 0 Å². The van der Waals surface area contributed by atoms with Crippen LogP contribution in [0.5, 0.6) is 0 Å². The highest BCUT2D eigenvalue weighted by molar-refractivity contribution is 9.10. The van der Waals surface area contributed by atoms with E-state index in [4.69, 9.17) is 14.7 Å². The number of carbonyl (C=O) groups excluding carboxylic acids is 2. The van der Waals surface area contributed by atoms with Gasteiger partial charge in [-0.1, -0.05) is 21.0 Å². The van der Waals surface area contributed by atoms with Crippen LogP contribution in [0.25, 0.3) is 0 Å². The van der Waals surface area contributed by atoms with E-state index in [0.29, 0.717) is 12.8 Å². The Labute approximate surface area is 129 Å². The molecule has 118 valence electrons. The van der Waals surface area contributed by atoms with Crippen LogP contribution in [0.15, 0.2) is 0 Å². The molecule has 0 aromatic carbocycles. The van der Waals surface area contributed by atoms with Crippen molar-refractivity contribution in [2.24, 2.45) is 11.8 Å². The highest BCUT2D eigenvalue weighted by atomic mass is 79.9. The summed E-state index contributed by atoms with van der Waals surface area (Å²) in [5.41, 5.74) is 0. The van der Waals surface area contributed by atoms with Gasteiger partial charge in [-0.3, -0.25) is 4.79 Å². The molecule has 11 heteroatoms. The first-order valence-electron chi connectivity index (χ1n) is 5.94. The van der Waals surface area contributed by atoms with Crippen LogP contribution in [-0.2, 0) is 28.4 Å². The van der Waals surface area contributed by atoms with Crippen molar-refractivity contribution in [2.45, 2.75) is 34.6 Å². The first kappa shape index (κ1) is 15.4. The van der Waals surface area contributed by atoms with Crippen LogP contribution < -0.4 is 0 Å². The van der Waals surface area contributed by atoms with Crippen molar-refractivity contribution in [1.82, 2.24) is 0 Å². The standard InChI is InChI=1S/C10H9BrF2O7S/c11-9-2-3-1-4(9)6(18-7(9)14)5(3)17-8(15)10(12,13)21-20-19-16/h3-6,16H,1-2H2. The van der Waals surface area contributed by atoms with Gasteiger partial charge in [0.2, 0.25) is 0 Å². The molecule has 0 amide bonds. The van der Waals surface area contributed by atoms with Gasteiger partial charge < -0.3 is 9.47 Å². The Morgan fingerprint density at radius 2 is 2.29 bits per heavy atom. The first-order valence-corrected chi connectivity index (χ1v) is 7.48. The minimum absolute atomic E-state index is 0.189. The Balaban J connectivity index is 1.68. The number of halogens is 3. The van der Waals surface area contributed by atoms with Crippen molar-refractivity contribution < 1.29 is 42.5 Å². The number of carbonyl (C=O) groups is 2. The van der Waals surface area contributed by atoms with Gasteiger partial charge in [0.05, 0.1) is 0 Å². The molecule has 2 aliphatic carbocycles. The Kier molecular flexibility index (Phi) is 3.68. The monoisotopic (exact) mass is 390 g/mol. The van der Waals surface area contributed by atoms with Crippen LogP contribution in [0.4, 0.5) is 8.78 Å². The average Bonchev–Trinajstić information content (AvgIpc) is 2.97. The summed E-state index contributed by atoms with van der Waals surface area (Å²) in [5.74, 6) is -2.70. The van der Waals surface area contributed by atoms with Gasteiger partial charge in [-0.05, 0) is 12.8 Å². The van der Waals surface area contributed by atoms with Crippen LogP contribution in [0.1, 0.15) is 12.8 Å². The molecule has 1 N–H and O–H groups in total. The summed E-state index contributed by atoms with van der Waals surface area (Å²) in [6.45, 7) is 0. The van der Waals surface area contributed by atoms with Gasteiger partial charge in [-0.2, -0.15) is 8.78 Å². The number of esters is 2. The Bertz CT molecular complexity index is 492. The van der Waals surface area contributed by atoms with Gasteiger partial charge in [-0.15, -0.1) is 4.33 Å². The predicted molar refractivity (Wildman–Crippen MR) is 65.0 cm³/mol. The third kappa shape index (κ3) is 2.25. The molecule has 0 radical (unpaired) electrons. The normalized spacial score (nSPS) is 40.5. The largest absolute Gasteiger partial charge is 0.457 e. The quantitative estimate of drug-likeness (QED) is 0.249. The maximum Gasteiger partial charge on any atom is 0.415 e. The molecule has 1 heterocycles. The lowest BCUT2D eigenvalue weighted by molar-refractivity contribution is -0.433. The average molecular weight is 391 g/mol. The summed E-state index contributed by atoms with van der Waals surface area (Å²) in [6, 6.07) is 0. The van der Waals surface area contributed by atoms with Crippen LogP contribution in [-0.4, -0.2) is 39.0 Å². The highest BCUT2D eigenvalue weighted by Gasteiger charge is 2.71. The molecule has 0 aromatic heterocycles. The zero-order chi connectivity index (χ0) is 15.4.